The Kier molecular flexibility index (Phi) is 7.40. The molecule has 4 aromatic heterocycles. The molecule has 216 valence electrons. The number of rotatable bonds is 9. The van der Waals surface area contributed by atoms with Crippen molar-refractivity contribution in [1.82, 2.24) is 39.6 Å². The van der Waals surface area contributed by atoms with Crippen molar-refractivity contribution >= 4 is 40.1 Å². The molecule has 1 aliphatic heterocycles. The van der Waals surface area contributed by atoms with E-state index in [1.807, 2.05) is 51.4 Å². The van der Waals surface area contributed by atoms with Crippen molar-refractivity contribution in [3.8, 4) is 17.3 Å². The summed E-state index contributed by atoms with van der Waals surface area (Å²) >= 11 is 0. The maximum Gasteiger partial charge on any atom is 0.318 e. The average molecular weight is 568 g/mol. The molecule has 1 amide bonds. The van der Waals surface area contributed by atoms with Crippen LogP contribution >= 0.6 is 0 Å². The Hall–Kier alpha value is -5.04. The molecule has 5 heterocycles. The fourth-order valence-corrected chi connectivity index (χ4v) is 5.08. The maximum atomic E-state index is 13.1. The van der Waals surface area contributed by atoms with E-state index in [2.05, 4.69) is 45.9 Å². The minimum Gasteiger partial charge on any atom is -0.459 e. The number of carbonyl (C=O) groups is 1. The van der Waals surface area contributed by atoms with Crippen LogP contribution in [0.3, 0.4) is 0 Å². The number of hydrogen-bond acceptors (Lipinski definition) is 10. The third kappa shape index (κ3) is 5.72. The van der Waals surface area contributed by atoms with Gasteiger partial charge in [0, 0.05) is 68.5 Å². The van der Waals surface area contributed by atoms with Gasteiger partial charge in [0.1, 0.15) is 11.9 Å². The molecule has 5 aromatic rings. The molecular weight excluding hydrogens is 534 g/mol. The van der Waals surface area contributed by atoms with Gasteiger partial charge in [-0.25, -0.2) is 15.0 Å². The van der Waals surface area contributed by atoms with Crippen LogP contribution in [-0.2, 0) is 11.8 Å². The molecule has 0 spiro atoms. The highest BCUT2D eigenvalue weighted by molar-refractivity contribution is 6.06. The highest BCUT2D eigenvalue weighted by Gasteiger charge is 2.26. The molecule has 1 atom stereocenters. The van der Waals surface area contributed by atoms with Crippen LogP contribution in [0.5, 0.6) is 6.01 Å². The quantitative estimate of drug-likeness (QED) is 0.208. The first kappa shape index (κ1) is 27.1. The van der Waals surface area contributed by atoms with Gasteiger partial charge in [-0.3, -0.25) is 14.4 Å². The summed E-state index contributed by atoms with van der Waals surface area (Å²) in [6.07, 6.45) is 6.09. The third-order valence-corrected chi connectivity index (χ3v) is 7.33. The molecule has 0 radical (unpaired) electrons. The van der Waals surface area contributed by atoms with Gasteiger partial charge in [-0.2, -0.15) is 10.1 Å². The number of H-pyrrole nitrogens is 1. The number of aryl methyl sites for hydroxylation is 3. The van der Waals surface area contributed by atoms with Crippen LogP contribution in [0.15, 0.2) is 48.9 Å². The summed E-state index contributed by atoms with van der Waals surface area (Å²) in [4.78, 5) is 36.2. The Morgan fingerprint density at radius 1 is 1.17 bits per heavy atom. The standard InChI is InChI=1S/C29H33N11O2/c1-17-13-33-28(35-24-12-18(2)39(4)38-24)37-26(17)21-14-32-27-20(21)6-5-7-22(27)34-25(41)16-40-11-9-19(15-40)42-29-31-10-8-23(30-3)36-29/h5-8,10,12-14,19,32H,9,11,15-16H2,1-4H3,(H,34,41)(H,30,31,36)(H,33,35,37,38). The number of nitrogens with zero attached hydrogens (tertiary/aromatic N) is 7. The number of carbonyl (C=O) groups excluding carboxylic acids is 1. The van der Waals surface area contributed by atoms with Crippen molar-refractivity contribution in [3.05, 3.63) is 60.2 Å². The minimum atomic E-state index is -0.0944. The van der Waals surface area contributed by atoms with E-state index in [1.165, 1.54) is 0 Å². The molecule has 1 unspecified atom stereocenters. The summed E-state index contributed by atoms with van der Waals surface area (Å²) in [5.41, 5.74) is 5.22. The lowest BCUT2D eigenvalue weighted by Crippen LogP contribution is -2.33. The summed E-state index contributed by atoms with van der Waals surface area (Å²) in [7, 11) is 3.69. The number of likely N-dealkylation sites (tertiary alicyclic amines) is 1. The Balaban J connectivity index is 1.13. The van der Waals surface area contributed by atoms with Gasteiger partial charge in [0.15, 0.2) is 5.82 Å². The minimum absolute atomic E-state index is 0.0727. The second kappa shape index (κ2) is 11.4. The van der Waals surface area contributed by atoms with E-state index in [0.717, 1.165) is 46.4 Å². The molecule has 13 nitrogen and oxygen atoms in total. The van der Waals surface area contributed by atoms with Crippen LogP contribution in [-0.4, -0.2) is 78.3 Å². The summed E-state index contributed by atoms with van der Waals surface area (Å²) in [5, 5.41) is 14.6. The van der Waals surface area contributed by atoms with Gasteiger partial charge < -0.3 is 25.7 Å². The number of nitrogens with one attached hydrogen (secondary N) is 4. The van der Waals surface area contributed by atoms with E-state index in [0.29, 0.717) is 35.8 Å². The zero-order valence-corrected chi connectivity index (χ0v) is 24.0. The molecule has 0 bridgehead atoms. The number of ether oxygens (including phenoxy) is 1. The van der Waals surface area contributed by atoms with Crippen LogP contribution in [0, 0.1) is 13.8 Å². The Bertz CT molecular complexity index is 1730. The molecule has 13 heteroatoms. The smallest absolute Gasteiger partial charge is 0.318 e. The summed E-state index contributed by atoms with van der Waals surface area (Å²) in [6, 6.07) is 9.89. The van der Waals surface area contributed by atoms with Crippen molar-refractivity contribution in [3.63, 3.8) is 0 Å². The fraction of sp³-hybridized carbons (Fsp3) is 0.310. The largest absolute Gasteiger partial charge is 0.459 e. The van der Waals surface area contributed by atoms with Gasteiger partial charge >= 0.3 is 6.01 Å². The lowest BCUT2D eigenvalue weighted by molar-refractivity contribution is -0.117. The summed E-state index contributed by atoms with van der Waals surface area (Å²) < 4.78 is 7.74. The number of aromatic nitrogens is 7. The van der Waals surface area contributed by atoms with Gasteiger partial charge in [-0.1, -0.05) is 12.1 Å². The first-order chi connectivity index (χ1) is 20.4. The number of hydrogen-bond donors (Lipinski definition) is 4. The molecule has 1 aliphatic rings. The molecular formula is C29H33N11O2. The molecule has 42 heavy (non-hydrogen) atoms. The van der Waals surface area contributed by atoms with E-state index in [-0.39, 0.29) is 18.6 Å². The number of benzene rings is 1. The predicted molar refractivity (Wildman–Crippen MR) is 161 cm³/mol. The third-order valence-electron chi connectivity index (χ3n) is 7.33. The van der Waals surface area contributed by atoms with Crippen LogP contribution in [0.1, 0.15) is 17.7 Å². The monoisotopic (exact) mass is 567 g/mol. The van der Waals surface area contributed by atoms with Gasteiger partial charge in [0.25, 0.3) is 0 Å². The van der Waals surface area contributed by atoms with E-state index in [1.54, 1.807) is 30.2 Å². The van der Waals surface area contributed by atoms with Crippen molar-refractivity contribution in [2.45, 2.75) is 26.4 Å². The van der Waals surface area contributed by atoms with Crippen LogP contribution < -0.4 is 20.7 Å². The topological polar surface area (TPSA) is 151 Å². The highest BCUT2D eigenvalue weighted by atomic mass is 16.5. The zero-order chi connectivity index (χ0) is 29.2. The molecule has 0 saturated carbocycles. The molecule has 4 N–H and O–H groups in total. The van der Waals surface area contributed by atoms with Crippen molar-refractivity contribution in [1.29, 1.82) is 0 Å². The van der Waals surface area contributed by atoms with Crippen molar-refractivity contribution < 1.29 is 9.53 Å². The normalized spacial score (nSPS) is 15.2. The molecule has 1 aromatic carbocycles. The number of aromatic amines is 1. The van der Waals surface area contributed by atoms with Crippen molar-refractivity contribution in [2.75, 3.05) is 42.6 Å². The molecule has 6 rings (SSSR count). The SMILES string of the molecule is CNc1ccnc(OC2CCN(CC(=O)Nc3cccc4c(-c5nc(Nc6cc(C)n(C)n6)ncc5C)c[nH]c34)C2)n1. The Morgan fingerprint density at radius 3 is 2.86 bits per heavy atom. The number of fused-ring (bicyclic) bond motifs is 1. The first-order valence-electron chi connectivity index (χ1n) is 13.8. The lowest BCUT2D eigenvalue weighted by atomic mass is 10.1. The number of anilines is 4. The van der Waals surface area contributed by atoms with Gasteiger partial charge in [-0.15, -0.1) is 0 Å². The zero-order valence-electron chi connectivity index (χ0n) is 24.0. The van der Waals surface area contributed by atoms with Crippen LogP contribution in [0.2, 0.25) is 0 Å². The fourth-order valence-electron chi connectivity index (χ4n) is 5.08. The van der Waals surface area contributed by atoms with Crippen molar-refractivity contribution in [2.24, 2.45) is 7.05 Å². The summed E-state index contributed by atoms with van der Waals surface area (Å²) in [5.74, 6) is 1.74. The first-order valence-corrected chi connectivity index (χ1v) is 13.8. The maximum absolute atomic E-state index is 13.1. The van der Waals surface area contributed by atoms with E-state index < -0.39 is 0 Å². The predicted octanol–water partition coefficient (Wildman–Crippen LogP) is 3.64. The van der Waals surface area contributed by atoms with Crippen LogP contribution in [0.4, 0.5) is 23.3 Å². The van der Waals surface area contributed by atoms with E-state index >= 15 is 0 Å². The van der Waals surface area contributed by atoms with Gasteiger partial charge in [0.2, 0.25) is 11.9 Å². The van der Waals surface area contributed by atoms with Gasteiger partial charge in [0.05, 0.1) is 23.4 Å². The molecule has 1 saturated heterocycles. The Morgan fingerprint density at radius 2 is 2.05 bits per heavy atom. The van der Waals surface area contributed by atoms with Gasteiger partial charge in [-0.05, 0) is 38.0 Å². The van der Waals surface area contributed by atoms with E-state index in [9.17, 15) is 4.79 Å². The molecule has 0 aliphatic carbocycles. The second-order valence-corrected chi connectivity index (χ2v) is 10.4. The van der Waals surface area contributed by atoms with E-state index in [4.69, 9.17) is 9.72 Å². The second-order valence-electron chi connectivity index (χ2n) is 10.4. The number of para-hydroxylation sites is 1. The molecule has 1 fully saturated rings. The lowest BCUT2D eigenvalue weighted by Gasteiger charge is -2.16. The average Bonchev–Trinajstić information content (AvgIpc) is 3.69. The van der Waals surface area contributed by atoms with Crippen LogP contribution in [0.25, 0.3) is 22.2 Å². The Labute approximate surface area is 242 Å². The number of amides is 1. The highest BCUT2D eigenvalue weighted by Crippen LogP contribution is 2.33. The summed E-state index contributed by atoms with van der Waals surface area (Å²) in [6.45, 7) is 5.60.